The lowest BCUT2D eigenvalue weighted by molar-refractivity contribution is 0.377. The van der Waals surface area contributed by atoms with Crippen LogP contribution in [0.3, 0.4) is 0 Å². The minimum atomic E-state index is -1.77. The zero-order valence-electron chi connectivity index (χ0n) is 34.2. The predicted molar refractivity (Wildman–Crippen MR) is 235 cm³/mol. The third kappa shape index (κ3) is 7.34. The SMILES string of the molecule is O=c1oc2ccccc2c(O)c1C(c1cc(F)c(F)c(F)c1)c1c(O)c2ccccc2oc1=O.O=c1oc2ccccc2c(O)c1C(c1cc(O)c(O)c(F)c1)c1c(O)c2ccccc2oc1=O. The maximum absolute atomic E-state index is 14.4. The van der Waals surface area contributed by atoms with Gasteiger partial charge in [0, 0.05) is 0 Å². The lowest BCUT2D eigenvalue weighted by Gasteiger charge is -2.20. The fourth-order valence-corrected chi connectivity index (χ4v) is 8.08. The fourth-order valence-electron chi connectivity index (χ4n) is 8.08. The Morgan fingerprint density at radius 2 is 0.618 bits per heavy atom. The van der Waals surface area contributed by atoms with Crippen LogP contribution in [0.5, 0.6) is 34.5 Å². The van der Waals surface area contributed by atoms with Crippen molar-refractivity contribution in [2.75, 3.05) is 0 Å². The summed E-state index contributed by atoms with van der Waals surface area (Å²) in [7, 11) is 0. The molecule has 0 aliphatic heterocycles. The van der Waals surface area contributed by atoms with Crippen molar-refractivity contribution in [2.24, 2.45) is 0 Å². The highest BCUT2D eigenvalue weighted by molar-refractivity contribution is 5.88. The number of benzene rings is 6. The van der Waals surface area contributed by atoms with Gasteiger partial charge in [0.25, 0.3) is 0 Å². The van der Waals surface area contributed by atoms with Crippen molar-refractivity contribution in [1.29, 1.82) is 0 Å². The smallest absolute Gasteiger partial charge is 0.344 e. The summed E-state index contributed by atoms with van der Waals surface area (Å²) in [4.78, 5) is 52.0. The number of phenolic OH excluding ortho intramolecular Hbond substituents is 2. The predicted octanol–water partition coefficient (Wildman–Crippen LogP) is 8.95. The first kappa shape index (κ1) is 43.9. The molecule has 0 bridgehead atoms. The molecule has 10 rings (SSSR count). The van der Waals surface area contributed by atoms with E-state index in [1.165, 1.54) is 48.5 Å². The van der Waals surface area contributed by atoms with Gasteiger partial charge in [-0.1, -0.05) is 48.5 Å². The molecule has 10 aromatic rings. The number of aromatic hydroxyl groups is 6. The van der Waals surface area contributed by atoms with Crippen LogP contribution >= 0.6 is 0 Å². The molecule has 0 unspecified atom stereocenters. The molecule has 0 amide bonds. The molecule has 340 valence electrons. The second kappa shape index (κ2) is 16.9. The van der Waals surface area contributed by atoms with E-state index in [4.69, 9.17) is 17.7 Å². The molecular weight excluding hydrogens is 901 g/mol. The molecule has 0 aliphatic carbocycles. The van der Waals surface area contributed by atoms with E-state index in [-0.39, 0.29) is 49.4 Å². The molecule has 6 N–H and O–H groups in total. The van der Waals surface area contributed by atoms with Crippen molar-refractivity contribution in [3.63, 3.8) is 0 Å². The Morgan fingerprint density at radius 1 is 0.353 bits per heavy atom. The molecule has 0 saturated carbocycles. The highest BCUT2D eigenvalue weighted by atomic mass is 19.2. The third-order valence-corrected chi connectivity index (χ3v) is 11.2. The summed E-state index contributed by atoms with van der Waals surface area (Å²) in [6.07, 6.45) is 0. The van der Waals surface area contributed by atoms with Crippen molar-refractivity contribution < 1.29 is 65.9 Å². The first-order chi connectivity index (χ1) is 32.5. The van der Waals surface area contributed by atoms with Gasteiger partial charge in [-0.15, -0.1) is 0 Å². The fraction of sp³-hybridized carbons (Fsp3) is 0.0400. The van der Waals surface area contributed by atoms with E-state index >= 15 is 0 Å². The van der Waals surface area contributed by atoms with E-state index in [9.17, 15) is 67.4 Å². The van der Waals surface area contributed by atoms with Crippen molar-refractivity contribution in [2.45, 2.75) is 11.8 Å². The molecule has 0 radical (unpaired) electrons. The van der Waals surface area contributed by atoms with E-state index in [1.807, 2.05) is 0 Å². The Morgan fingerprint density at radius 3 is 0.912 bits per heavy atom. The molecular formula is C50H28F4O14. The van der Waals surface area contributed by atoms with E-state index in [1.54, 1.807) is 48.5 Å². The number of halogens is 4. The highest BCUT2D eigenvalue weighted by Gasteiger charge is 2.35. The monoisotopic (exact) mass is 928 g/mol. The summed E-state index contributed by atoms with van der Waals surface area (Å²) in [5.74, 6) is -14.0. The molecule has 68 heavy (non-hydrogen) atoms. The Kier molecular flexibility index (Phi) is 10.9. The summed E-state index contributed by atoms with van der Waals surface area (Å²) >= 11 is 0. The lowest BCUT2D eigenvalue weighted by Crippen LogP contribution is -2.21. The van der Waals surface area contributed by atoms with Crippen LogP contribution in [-0.2, 0) is 0 Å². The molecule has 0 spiro atoms. The second-order valence-electron chi connectivity index (χ2n) is 15.1. The van der Waals surface area contributed by atoms with Gasteiger partial charge in [0.15, 0.2) is 34.8 Å². The average Bonchev–Trinajstić information content (AvgIpc) is 3.31. The van der Waals surface area contributed by atoms with Crippen LogP contribution in [0.4, 0.5) is 17.6 Å². The first-order valence-corrected chi connectivity index (χ1v) is 19.9. The van der Waals surface area contributed by atoms with Gasteiger partial charge in [0.1, 0.15) is 45.3 Å². The number of fused-ring (bicyclic) bond motifs is 4. The number of rotatable bonds is 6. The maximum atomic E-state index is 14.4. The summed E-state index contributed by atoms with van der Waals surface area (Å²) in [6.45, 7) is 0. The van der Waals surface area contributed by atoms with Gasteiger partial charge >= 0.3 is 22.5 Å². The molecule has 0 fully saturated rings. The molecule has 0 saturated heterocycles. The van der Waals surface area contributed by atoms with Crippen LogP contribution in [-0.4, -0.2) is 30.6 Å². The standard InChI is InChI=1S/C25H13F3O6.C25H15FO8/c26-14-9-11(10-15(27)21(14)28)18(19-22(29)12-5-1-3-7-16(12)33-24(19)31)20-23(30)13-6-2-4-8-17(13)34-25(20)32;26-14-9-11(10-15(27)23(14)30)18(19-21(28)12-5-1-3-7-16(12)33-24(19)31)20-22(29)13-6-2-4-8-17(13)34-25(20)32/h1-10,18,29-30H;1-10,18,27-30H. The Labute approximate surface area is 374 Å². The maximum Gasteiger partial charge on any atom is 0.344 e. The van der Waals surface area contributed by atoms with Crippen LogP contribution in [0.25, 0.3) is 43.9 Å². The van der Waals surface area contributed by atoms with Crippen molar-refractivity contribution in [3.05, 3.63) is 220 Å². The van der Waals surface area contributed by atoms with E-state index in [0.717, 1.165) is 12.1 Å². The van der Waals surface area contributed by atoms with Crippen LogP contribution in [0.15, 0.2) is 158 Å². The van der Waals surface area contributed by atoms with Crippen LogP contribution in [0, 0.1) is 23.3 Å². The minimum Gasteiger partial charge on any atom is -0.507 e. The van der Waals surface area contributed by atoms with Gasteiger partial charge in [-0.05, 0) is 83.9 Å². The zero-order chi connectivity index (χ0) is 48.3. The van der Waals surface area contributed by atoms with Gasteiger partial charge in [-0.3, -0.25) is 0 Å². The molecule has 0 atom stereocenters. The van der Waals surface area contributed by atoms with Gasteiger partial charge in [-0.2, -0.15) is 0 Å². The van der Waals surface area contributed by atoms with Gasteiger partial charge in [0.2, 0.25) is 0 Å². The molecule has 6 aromatic carbocycles. The molecule has 18 heteroatoms. The summed E-state index contributed by atoms with van der Waals surface area (Å²) in [6, 6.07) is 26.8. The summed E-state index contributed by atoms with van der Waals surface area (Å²) in [5, 5.41) is 64.1. The quantitative estimate of drug-likeness (QED) is 0.0395. The van der Waals surface area contributed by atoms with Crippen LogP contribution < -0.4 is 22.5 Å². The first-order valence-electron chi connectivity index (χ1n) is 19.9. The molecule has 0 aliphatic rings. The van der Waals surface area contributed by atoms with Crippen molar-refractivity contribution >= 4 is 43.9 Å². The molecule has 14 nitrogen and oxygen atoms in total. The van der Waals surface area contributed by atoms with Crippen molar-refractivity contribution in [3.8, 4) is 34.5 Å². The van der Waals surface area contributed by atoms with E-state index in [0.29, 0.717) is 12.1 Å². The van der Waals surface area contributed by atoms with E-state index in [2.05, 4.69) is 0 Å². The van der Waals surface area contributed by atoms with Gasteiger partial charge in [0.05, 0.1) is 55.6 Å². The summed E-state index contributed by atoms with van der Waals surface area (Å²) < 4.78 is 77.6. The van der Waals surface area contributed by atoms with Gasteiger partial charge < -0.3 is 48.3 Å². The van der Waals surface area contributed by atoms with E-state index < -0.39 is 120 Å². The Bertz CT molecular complexity index is 3450. The normalized spacial score (nSPS) is 11.5. The third-order valence-electron chi connectivity index (χ3n) is 11.2. The largest absolute Gasteiger partial charge is 0.507 e. The molecule has 4 heterocycles. The summed E-state index contributed by atoms with van der Waals surface area (Å²) in [5.41, 5.74) is -7.14. The number of hydrogen-bond donors (Lipinski definition) is 6. The topological polar surface area (TPSA) is 242 Å². The number of phenols is 2. The van der Waals surface area contributed by atoms with Crippen molar-refractivity contribution in [1.82, 2.24) is 0 Å². The van der Waals surface area contributed by atoms with Crippen LogP contribution in [0.1, 0.15) is 45.2 Å². The number of para-hydroxylation sites is 4. The van der Waals surface area contributed by atoms with Gasteiger partial charge in [-0.25, -0.2) is 36.7 Å². The Hall–Kier alpha value is -9.32. The highest BCUT2D eigenvalue weighted by Crippen LogP contribution is 2.45. The molecule has 4 aromatic heterocycles. The zero-order valence-corrected chi connectivity index (χ0v) is 34.2. The lowest BCUT2D eigenvalue weighted by atomic mass is 9.84. The Balaban J connectivity index is 0.000000170. The average molecular weight is 929 g/mol. The number of hydrogen-bond acceptors (Lipinski definition) is 14. The van der Waals surface area contributed by atoms with Crippen LogP contribution in [0.2, 0.25) is 0 Å². The minimum absolute atomic E-state index is 0.0127. The second-order valence-corrected chi connectivity index (χ2v) is 15.1.